The molecule has 4 nitrogen and oxygen atoms in total. The van der Waals surface area contributed by atoms with Gasteiger partial charge in [-0.25, -0.2) is 9.18 Å². The lowest BCUT2D eigenvalue weighted by Gasteiger charge is -2.03. The first-order valence-electron chi connectivity index (χ1n) is 4.90. The molecule has 0 radical (unpaired) electrons. The van der Waals surface area contributed by atoms with Crippen molar-refractivity contribution in [1.29, 1.82) is 0 Å². The molecule has 0 amide bonds. The number of H-pyrrole nitrogens is 1. The normalized spacial score (nSPS) is 10.3. The van der Waals surface area contributed by atoms with Crippen molar-refractivity contribution in [2.75, 3.05) is 0 Å². The van der Waals surface area contributed by atoms with Crippen molar-refractivity contribution in [3.05, 3.63) is 57.2 Å². The van der Waals surface area contributed by atoms with E-state index in [0.29, 0.717) is 11.1 Å². The summed E-state index contributed by atoms with van der Waals surface area (Å²) in [6.07, 6.45) is 1.31. The van der Waals surface area contributed by atoms with Crippen LogP contribution in [-0.4, -0.2) is 16.1 Å². The van der Waals surface area contributed by atoms with Crippen LogP contribution in [0.3, 0.4) is 0 Å². The van der Waals surface area contributed by atoms with Crippen LogP contribution in [0.2, 0.25) is 5.02 Å². The third kappa shape index (κ3) is 2.41. The molecular formula is C12H7ClFNO3. The van der Waals surface area contributed by atoms with Gasteiger partial charge in [0, 0.05) is 11.2 Å². The molecule has 2 aromatic rings. The molecule has 0 aliphatic carbocycles. The van der Waals surface area contributed by atoms with Gasteiger partial charge in [-0.1, -0.05) is 11.6 Å². The molecular weight excluding hydrogens is 261 g/mol. The van der Waals surface area contributed by atoms with E-state index in [1.165, 1.54) is 24.4 Å². The number of aromatic carboxylic acids is 1. The van der Waals surface area contributed by atoms with Crippen LogP contribution in [0.1, 0.15) is 10.4 Å². The Morgan fingerprint density at radius 2 is 1.94 bits per heavy atom. The summed E-state index contributed by atoms with van der Waals surface area (Å²) in [6.45, 7) is 0. The fourth-order valence-corrected chi connectivity index (χ4v) is 1.75. The molecule has 18 heavy (non-hydrogen) atoms. The average molecular weight is 268 g/mol. The van der Waals surface area contributed by atoms with Gasteiger partial charge in [0.2, 0.25) is 0 Å². The molecule has 1 aromatic carbocycles. The summed E-state index contributed by atoms with van der Waals surface area (Å²) in [4.78, 5) is 24.3. The zero-order chi connectivity index (χ0) is 13.3. The van der Waals surface area contributed by atoms with E-state index in [-0.39, 0.29) is 5.02 Å². The number of aromatic amines is 1. The van der Waals surface area contributed by atoms with E-state index in [1.807, 2.05) is 0 Å². The van der Waals surface area contributed by atoms with Crippen molar-refractivity contribution in [2.45, 2.75) is 0 Å². The molecule has 0 aliphatic heterocycles. The van der Waals surface area contributed by atoms with Crippen LogP contribution in [0, 0.1) is 5.82 Å². The Hall–Kier alpha value is -2.14. The summed E-state index contributed by atoms with van der Waals surface area (Å²) in [7, 11) is 0. The molecule has 0 saturated carbocycles. The van der Waals surface area contributed by atoms with E-state index >= 15 is 0 Å². The van der Waals surface area contributed by atoms with Crippen LogP contribution in [0.5, 0.6) is 0 Å². The van der Waals surface area contributed by atoms with Crippen molar-refractivity contribution >= 4 is 17.6 Å². The molecule has 0 saturated heterocycles. The zero-order valence-corrected chi connectivity index (χ0v) is 9.66. The van der Waals surface area contributed by atoms with Gasteiger partial charge in [0.05, 0.1) is 0 Å². The molecule has 1 heterocycles. The fraction of sp³-hybridized carbons (Fsp3) is 0. The predicted molar refractivity (Wildman–Crippen MR) is 64.4 cm³/mol. The monoisotopic (exact) mass is 267 g/mol. The summed E-state index contributed by atoms with van der Waals surface area (Å²) >= 11 is 5.71. The molecule has 2 rings (SSSR count). The second-order valence-corrected chi connectivity index (χ2v) is 4.03. The van der Waals surface area contributed by atoms with Crippen LogP contribution in [0.4, 0.5) is 4.39 Å². The Morgan fingerprint density at radius 3 is 2.56 bits per heavy atom. The minimum Gasteiger partial charge on any atom is -0.477 e. The molecule has 92 valence electrons. The number of carbonyl (C=O) groups is 1. The fourth-order valence-electron chi connectivity index (χ4n) is 1.53. The smallest absolute Gasteiger partial charge is 0.341 e. The van der Waals surface area contributed by atoms with Crippen molar-refractivity contribution in [3.63, 3.8) is 0 Å². The Labute approximate surface area is 106 Å². The van der Waals surface area contributed by atoms with E-state index in [2.05, 4.69) is 4.98 Å². The number of carboxylic acid groups (broad SMARTS) is 1. The van der Waals surface area contributed by atoms with Crippen molar-refractivity contribution in [1.82, 2.24) is 4.98 Å². The van der Waals surface area contributed by atoms with E-state index in [9.17, 15) is 14.0 Å². The number of pyridine rings is 1. The van der Waals surface area contributed by atoms with E-state index < -0.39 is 22.9 Å². The topological polar surface area (TPSA) is 70.2 Å². The van der Waals surface area contributed by atoms with Crippen molar-refractivity contribution in [3.8, 4) is 11.1 Å². The first-order chi connectivity index (χ1) is 8.47. The molecule has 6 heteroatoms. The number of benzene rings is 1. The maximum absolute atomic E-state index is 13.2. The van der Waals surface area contributed by atoms with E-state index in [4.69, 9.17) is 16.7 Å². The average Bonchev–Trinajstić information content (AvgIpc) is 2.27. The van der Waals surface area contributed by atoms with Gasteiger partial charge < -0.3 is 10.1 Å². The van der Waals surface area contributed by atoms with Gasteiger partial charge in [-0.2, -0.15) is 0 Å². The summed E-state index contributed by atoms with van der Waals surface area (Å²) in [5.74, 6) is -1.89. The van der Waals surface area contributed by atoms with Gasteiger partial charge in [-0.3, -0.25) is 4.79 Å². The zero-order valence-electron chi connectivity index (χ0n) is 8.91. The predicted octanol–water partition coefficient (Wildman–Crippen LogP) is 2.53. The minimum absolute atomic E-state index is 0.188. The van der Waals surface area contributed by atoms with Crippen LogP contribution in [-0.2, 0) is 0 Å². The highest BCUT2D eigenvalue weighted by molar-refractivity contribution is 6.30. The Bertz CT molecular complexity index is 661. The number of hydrogen-bond donors (Lipinski definition) is 2. The van der Waals surface area contributed by atoms with Gasteiger partial charge in [-0.05, 0) is 35.4 Å². The lowest BCUT2D eigenvalue weighted by molar-refractivity contribution is 0.0695. The third-order valence-electron chi connectivity index (χ3n) is 2.33. The third-order valence-corrected chi connectivity index (χ3v) is 2.55. The number of halogens is 2. The largest absolute Gasteiger partial charge is 0.477 e. The lowest BCUT2D eigenvalue weighted by atomic mass is 10.1. The number of hydrogen-bond acceptors (Lipinski definition) is 2. The first kappa shape index (κ1) is 12.3. The summed E-state index contributed by atoms with van der Waals surface area (Å²) in [5, 5.41) is 9.01. The molecule has 0 atom stereocenters. The number of aromatic nitrogens is 1. The highest BCUT2D eigenvalue weighted by Gasteiger charge is 2.11. The Kier molecular flexibility index (Phi) is 3.16. The SMILES string of the molecule is O=C(O)c1cc(-c2cc(F)cc(Cl)c2)c[nH]c1=O. The molecule has 0 unspecified atom stereocenters. The van der Waals surface area contributed by atoms with E-state index in [1.54, 1.807) is 0 Å². The summed E-state index contributed by atoms with van der Waals surface area (Å²) in [6, 6.07) is 4.98. The Balaban J connectivity index is 2.61. The first-order valence-corrected chi connectivity index (χ1v) is 5.27. The van der Waals surface area contributed by atoms with Gasteiger partial charge in [0.1, 0.15) is 11.4 Å². The molecule has 0 spiro atoms. The lowest BCUT2D eigenvalue weighted by Crippen LogP contribution is -2.16. The minimum atomic E-state index is -1.35. The van der Waals surface area contributed by atoms with Crippen LogP contribution >= 0.6 is 11.6 Å². The van der Waals surface area contributed by atoms with Gasteiger partial charge >= 0.3 is 5.97 Å². The van der Waals surface area contributed by atoms with Crippen molar-refractivity contribution in [2.24, 2.45) is 0 Å². The molecule has 2 N–H and O–H groups in total. The van der Waals surface area contributed by atoms with Crippen molar-refractivity contribution < 1.29 is 14.3 Å². The maximum Gasteiger partial charge on any atom is 0.341 e. The van der Waals surface area contributed by atoms with Crippen LogP contribution in [0.25, 0.3) is 11.1 Å². The molecule has 0 fully saturated rings. The standard InChI is InChI=1S/C12H7ClFNO3/c13-8-1-6(2-9(14)4-8)7-3-10(12(17)18)11(16)15-5-7/h1-5H,(H,15,16)(H,17,18). The molecule has 0 aliphatic rings. The summed E-state index contributed by atoms with van der Waals surface area (Å²) in [5.41, 5.74) is -0.367. The summed E-state index contributed by atoms with van der Waals surface area (Å²) < 4.78 is 13.2. The second kappa shape index (κ2) is 4.62. The van der Waals surface area contributed by atoms with Crippen LogP contribution in [0.15, 0.2) is 35.3 Å². The second-order valence-electron chi connectivity index (χ2n) is 3.59. The van der Waals surface area contributed by atoms with Gasteiger partial charge in [-0.15, -0.1) is 0 Å². The highest BCUT2D eigenvalue weighted by atomic mass is 35.5. The highest BCUT2D eigenvalue weighted by Crippen LogP contribution is 2.23. The van der Waals surface area contributed by atoms with Gasteiger partial charge in [0.15, 0.2) is 0 Å². The molecule has 1 aromatic heterocycles. The van der Waals surface area contributed by atoms with Crippen LogP contribution < -0.4 is 5.56 Å². The van der Waals surface area contributed by atoms with E-state index in [0.717, 1.165) is 6.07 Å². The Morgan fingerprint density at radius 1 is 1.22 bits per heavy atom. The number of nitrogens with one attached hydrogen (secondary N) is 1. The quantitative estimate of drug-likeness (QED) is 0.878. The number of rotatable bonds is 2. The number of carboxylic acids is 1. The molecule has 0 bridgehead atoms. The maximum atomic E-state index is 13.2. The van der Waals surface area contributed by atoms with Gasteiger partial charge in [0.25, 0.3) is 5.56 Å².